The predicted octanol–water partition coefficient (Wildman–Crippen LogP) is -0.817. The predicted molar refractivity (Wildman–Crippen MR) is 139 cm³/mol. The Morgan fingerprint density at radius 3 is 2.62 bits per heavy atom. The maximum atomic E-state index is 13.2. The number of carbonyl (C=O) groups excluding carboxylic acids is 3. The number of fused-ring (bicyclic) bond motifs is 2. The van der Waals surface area contributed by atoms with Gasteiger partial charge in [-0.25, -0.2) is 9.48 Å². The van der Waals surface area contributed by atoms with E-state index in [4.69, 9.17) is 0 Å². The first kappa shape index (κ1) is 26.4. The van der Waals surface area contributed by atoms with Gasteiger partial charge in [0.05, 0.1) is 18.0 Å². The summed E-state index contributed by atoms with van der Waals surface area (Å²) >= 11 is 1.49. The number of nitrogens with one attached hydrogen (secondary N) is 2. The third kappa shape index (κ3) is 4.65. The van der Waals surface area contributed by atoms with Gasteiger partial charge >= 0.3 is 5.97 Å². The van der Waals surface area contributed by atoms with E-state index in [1.165, 1.54) is 27.7 Å². The summed E-state index contributed by atoms with van der Waals surface area (Å²) < 4.78 is 1.35. The highest BCUT2D eigenvalue weighted by molar-refractivity contribution is 8.03. The van der Waals surface area contributed by atoms with Gasteiger partial charge in [0.2, 0.25) is 11.8 Å². The van der Waals surface area contributed by atoms with Gasteiger partial charge in [0.25, 0.3) is 0 Å². The Kier molecular flexibility index (Phi) is 6.96. The molecule has 2 unspecified atom stereocenters. The molecule has 4 saturated heterocycles. The molecule has 0 aromatic carbocycles. The molecule has 8 atom stereocenters. The van der Waals surface area contributed by atoms with Crippen LogP contribution in [0.3, 0.4) is 0 Å². The Balaban J connectivity index is 1.09. The van der Waals surface area contributed by atoms with E-state index in [0.29, 0.717) is 29.7 Å². The van der Waals surface area contributed by atoms with E-state index in [2.05, 4.69) is 26.2 Å². The minimum absolute atomic E-state index is 0.0338. The van der Waals surface area contributed by atoms with Crippen LogP contribution in [0, 0.1) is 29.6 Å². The number of aromatic nitrogens is 4. The van der Waals surface area contributed by atoms with Gasteiger partial charge in [0.15, 0.2) is 5.78 Å². The summed E-state index contributed by atoms with van der Waals surface area (Å²) in [7, 11) is 0. The van der Waals surface area contributed by atoms with Crippen LogP contribution in [0.5, 0.6) is 0 Å². The lowest BCUT2D eigenvalue weighted by molar-refractivity contribution is -0.160. The number of rotatable bonds is 9. The molecule has 14 heteroatoms. The minimum atomic E-state index is -1.11. The van der Waals surface area contributed by atoms with E-state index in [1.54, 1.807) is 0 Å². The number of hydrogen-bond acceptors (Lipinski definition) is 10. The molecule has 39 heavy (non-hydrogen) atoms. The van der Waals surface area contributed by atoms with Crippen molar-refractivity contribution in [1.82, 2.24) is 40.6 Å². The molecule has 1 aromatic rings. The number of amides is 2. The second kappa shape index (κ2) is 10.3. The lowest BCUT2D eigenvalue weighted by atomic mass is 9.73. The quantitative estimate of drug-likeness (QED) is 0.325. The first-order valence-electron chi connectivity index (χ1n) is 13.7. The number of β-lactam (4-membered cyclic amide) rings is 1. The Morgan fingerprint density at radius 1 is 1.21 bits per heavy atom. The number of carboxylic acid groups (broad SMARTS) is 1. The molecule has 0 radical (unpaired) electrons. The average molecular weight is 559 g/mol. The molecule has 0 spiro atoms. The molecular formula is C25H34N8O5S. The summed E-state index contributed by atoms with van der Waals surface area (Å²) in [6.45, 7) is 8.02. The van der Waals surface area contributed by atoms with Crippen LogP contribution in [0.2, 0.25) is 0 Å². The molecule has 6 rings (SSSR count). The normalized spacial score (nSPS) is 34.3. The van der Waals surface area contributed by atoms with E-state index < -0.39 is 11.9 Å². The summed E-state index contributed by atoms with van der Waals surface area (Å²) in [5, 5.41) is 27.6. The van der Waals surface area contributed by atoms with Gasteiger partial charge in [-0.2, -0.15) is 0 Å². The molecule has 0 aliphatic carbocycles. The first-order valence-corrected chi connectivity index (χ1v) is 14.5. The average Bonchev–Trinajstić information content (AvgIpc) is 3.69. The fourth-order valence-electron chi connectivity index (χ4n) is 7.17. The van der Waals surface area contributed by atoms with Crippen molar-refractivity contribution in [2.45, 2.75) is 50.6 Å². The van der Waals surface area contributed by atoms with E-state index in [-0.39, 0.29) is 65.4 Å². The lowest BCUT2D eigenvalue weighted by Gasteiger charge is -2.47. The van der Waals surface area contributed by atoms with Gasteiger partial charge in [-0.3, -0.25) is 14.4 Å². The molecule has 1 aromatic heterocycles. The Hall–Kier alpha value is -2.84. The van der Waals surface area contributed by atoms with Crippen molar-refractivity contribution in [1.29, 1.82) is 0 Å². The van der Waals surface area contributed by atoms with Crippen molar-refractivity contribution in [3.05, 3.63) is 16.9 Å². The molecule has 0 saturated carbocycles. The molecule has 5 aliphatic heterocycles. The first-order chi connectivity index (χ1) is 18.7. The number of ketones is 1. The number of carboxylic acids is 1. The second-order valence-corrected chi connectivity index (χ2v) is 13.0. The molecule has 210 valence electrons. The van der Waals surface area contributed by atoms with E-state index in [9.17, 15) is 24.3 Å². The van der Waals surface area contributed by atoms with E-state index in [1.807, 2.05) is 18.7 Å². The van der Waals surface area contributed by atoms with Crippen LogP contribution in [0.15, 0.2) is 16.9 Å². The van der Waals surface area contributed by atoms with Gasteiger partial charge < -0.3 is 25.5 Å². The van der Waals surface area contributed by atoms with Gasteiger partial charge in [-0.1, -0.05) is 13.8 Å². The maximum Gasteiger partial charge on any atom is 0.353 e. The lowest BCUT2D eigenvalue weighted by Crippen LogP contribution is -2.62. The highest BCUT2D eigenvalue weighted by Gasteiger charge is 2.60. The zero-order chi connectivity index (χ0) is 27.4. The van der Waals surface area contributed by atoms with Gasteiger partial charge in [-0.05, 0) is 34.6 Å². The summed E-state index contributed by atoms with van der Waals surface area (Å²) in [5.41, 5.74) is 0.0561. The number of likely N-dealkylation sites (tertiary alicyclic amines) is 1. The Labute approximate surface area is 230 Å². The number of tetrazole rings is 1. The second-order valence-electron chi connectivity index (χ2n) is 11.6. The third-order valence-electron chi connectivity index (χ3n) is 9.07. The number of hydrogen-bond donors (Lipinski definition) is 3. The summed E-state index contributed by atoms with van der Waals surface area (Å²) in [6, 6.07) is -0.552. The van der Waals surface area contributed by atoms with E-state index >= 15 is 0 Å². The van der Waals surface area contributed by atoms with Gasteiger partial charge in [0.1, 0.15) is 18.6 Å². The molecule has 4 fully saturated rings. The molecular weight excluding hydrogens is 524 g/mol. The zero-order valence-corrected chi connectivity index (χ0v) is 22.8. The molecule has 13 nitrogen and oxygen atoms in total. The largest absolute Gasteiger partial charge is 0.477 e. The number of nitrogens with zero attached hydrogens (tertiary/aromatic N) is 6. The number of carbonyl (C=O) groups is 4. The van der Waals surface area contributed by atoms with Crippen LogP contribution in [0.1, 0.15) is 26.7 Å². The summed E-state index contributed by atoms with van der Waals surface area (Å²) in [4.78, 5) is 55.4. The Bertz CT molecular complexity index is 1190. The molecule has 2 amide bonds. The monoisotopic (exact) mass is 558 g/mol. The van der Waals surface area contributed by atoms with Crippen molar-refractivity contribution in [2.24, 2.45) is 29.6 Å². The fraction of sp³-hybridized carbons (Fsp3) is 0.720. The van der Waals surface area contributed by atoms with Crippen molar-refractivity contribution < 1.29 is 24.3 Å². The van der Waals surface area contributed by atoms with E-state index in [0.717, 1.165) is 26.2 Å². The summed E-state index contributed by atoms with van der Waals surface area (Å²) in [5.74, 6) is -1.06. The van der Waals surface area contributed by atoms with Crippen LogP contribution in [-0.2, 0) is 25.7 Å². The Morgan fingerprint density at radius 2 is 1.95 bits per heavy atom. The highest BCUT2D eigenvalue weighted by atomic mass is 32.2. The summed E-state index contributed by atoms with van der Waals surface area (Å²) in [6.07, 6.45) is 2.18. The van der Waals surface area contributed by atoms with Crippen molar-refractivity contribution in [2.75, 3.05) is 32.7 Å². The van der Waals surface area contributed by atoms with Crippen LogP contribution in [0.25, 0.3) is 0 Å². The minimum Gasteiger partial charge on any atom is -0.477 e. The van der Waals surface area contributed by atoms with Crippen molar-refractivity contribution in [3.8, 4) is 0 Å². The number of Topliss-reactive ketones (excluding diaryl/α,β-unsaturated/α-hetero) is 1. The van der Waals surface area contributed by atoms with Crippen LogP contribution < -0.4 is 10.6 Å². The zero-order valence-electron chi connectivity index (χ0n) is 22.0. The SMILES string of the molecule is C[C@@H](CC(=O)Cn1cnnn1)[C@H]1C(=O)N2C(C(=O)O)=C(S[C@@H]3CN[C@H](C(=O)N4CC5CNCC5C4)C3)[C@H](C)[C@H]12. The fourth-order valence-corrected chi connectivity index (χ4v) is 8.65. The van der Waals surface area contributed by atoms with Crippen molar-refractivity contribution >= 4 is 35.3 Å². The molecule has 6 heterocycles. The standard InChI is InChI=1S/C25H34N8O5S/c1-12(3-16(34)10-32-11-28-29-30-32)19-20-13(2)22(21(25(37)38)33(20)24(19)36)39-17-4-18(27-7-17)23(35)31-8-14-5-26-6-15(14)9-31/h11-15,17-20,26-27H,3-10H2,1-2H3,(H,37,38)/t12-,13+,14?,15?,17-,18-,19+,20+/m0/s1. The van der Waals surface area contributed by atoms with Crippen LogP contribution in [-0.4, -0.2) is 109 Å². The third-order valence-corrected chi connectivity index (χ3v) is 10.6. The number of aliphatic carboxylic acids is 1. The molecule has 0 bridgehead atoms. The van der Waals surface area contributed by atoms with Gasteiger partial charge in [0, 0.05) is 55.2 Å². The molecule has 3 N–H and O–H groups in total. The number of thioether (sulfide) groups is 1. The highest BCUT2D eigenvalue weighted by Crippen LogP contribution is 2.53. The smallest absolute Gasteiger partial charge is 0.353 e. The maximum absolute atomic E-state index is 13.2. The van der Waals surface area contributed by atoms with Crippen LogP contribution >= 0.6 is 11.8 Å². The van der Waals surface area contributed by atoms with Gasteiger partial charge in [-0.15, -0.1) is 16.9 Å². The topological polar surface area (TPSA) is 163 Å². The van der Waals surface area contributed by atoms with Crippen LogP contribution in [0.4, 0.5) is 0 Å². The molecule has 5 aliphatic rings. The van der Waals surface area contributed by atoms with Crippen molar-refractivity contribution in [3.63, 3.8) is 0 Å².